The van der Waals surface area contributed by atoms with Crippen LogP contribution >= 0.6 is 11.8 Å². The summed E-state index contributed by atoms with van der Waals surface area (Å²) in [4.78, 5) is 12.9. The van der Waals surface area contributed by atoms with E-state index >= 15 is 0 Å². The molecule has 4 heteroatoms. The van der Waals surface area contributed by atoms with Crippen molar-refractivity contribution in [1.82, 2.24) is 10.6 Å². The summed E-state index contributed by atoms with van der Waals surface area (Å²) in [7, 11) is 0. The highest BCUT2D eigenvalue weighted by atomic mass is 32.2. The largest absolute Gasteiger partial charge is 0.338 e. The summed E-state index contributed by atoms with van der Waals surface area (Å²) in [6.45, 7) is 1.37. The van der Waals surface area contributed by atoms with Crippen LogP contribution in [0.3, 0.4) is 0 Å². The van der Waals surface area contributed by atoms with Gasteiger partial charge in [0.2, 0.25) is 0 Å². The Balaban J connectivity index is 1.49. The average Bonchev–Trinajstić information content (AvgIpc) is 2.57. The Bertz CT molecular complexity index is 496. The summed E-state index contributed by atoms with van der Waals surface area (Å²) in [5, 5.41) is 5.77. The summed E-state index contributed by atoms with van der Waals surface area (Å²) in [6.07, 6.45) is 1.95. The molecule has 2 aromatic carbocycles. The van der Waals surface area contributed by atoms with Gasteiger partial charge in [0.15, 0.2) is 0 Å². The van der Waals surface area contributed by atoms with Crippen LogP contribution in [0.15, 0.2) is 65.6 Å². The molecular weight excluding hydrogens is 292 g/mol. The van der Waals surface area contributed by atoms with Gasteiger partial charge in [-0.1, -0.05) is 48.5 Å². The molecule has 0 radical (unpaired) electrons. The molecule has 0 unspecified atom stereocenters. The number of benzene rings is 2. The molecule has 0 aliphatic rings. The van der Waals surface area contributed by atoms with Crippen LogP contribution in [0.4, 0.5) is 4.79 Å². The SMILES string of the molecule is O=C(NCCCc1ccccc1)NCCSc1ccccc1. The Kier molecular flexibility index (Phi) is 7.39. The average molecular weight is 314 g/mol. The molecule has 0 bridgehead atoms. The Morgan fingerprint density at radius 2 is 1.50 bits per heavy atom. The van der Waals surface area contributed by atoms with E-state index in [0.717, 1.165) is 18.6 Å². The summed E-state index contributed by atoms with van der Waals surface area (Å²) in [5.74, 6) is 0.876. The fourth-order valence-corrected chi connectivity index (χ4v) is 2.84. The predicted octanol–water partition coefficient (Wildman–Crippen LogP) is 3.71. The van der Waals surface area contributed by atoms with Gasteiger partial charge in [0.05, 0.1) is 0 Å². The van der Waals surface area contributed by atoms with Crippen LogP contribution in [0.25, 0.3) is 0 Å². The van der Waals surface area contributed by atoms with E-state index in [0.29, 0.717) is 13.1 Å². The molecule has 0 fully saturated rings. The van der Waals surface area contributed by atoms with Gasteiger partial charge >= 0.3 is 6.03 Å². The number of hydrogen-bond acceptors (Lipinski definition) is 2. The van der Waals surface area contributed by atoms with Crippen molar-refractivity contribution in [3.8, 4) is 0 Å². The number of aryl methyl sites for hydroxylation is 1. The summed E-state index contributed by atoms with van der Waals surface area (Å²) in [6, 6.07) is 20.4. The van der Waals surface area contributed by atoms with Crippen molar-refractivity contribution in [1.29, 1.82) is 0 Å². The minimum absolute atomic E-state index is 0.0817. The molecule has 0 aliphatic carbocycles. The number of urea groups is 1. The van der Waals surface area contributed by atoms with Crippen LogP contribution < -0.4 is 10.6 Å². The molecule has 22 heavy (non-hydrogen) atoms. The smallest absolute Gasteiger partial charge is 0.314 e. The van der Waals surface area contributed by atoms with Gasteiger partial charge in [-0.25, -0.2) is 4.79 Å². The van der Waals surface area contributed by atoms with E-state index in [9.17, 15) is 4.79 Å². The van der Waals surface area contributed by atoms with Gasteiger partial charge < -0.3 is 10.6 Å². The summed E-state index contributed by atoms with van der Waals surface area (Å²) < 4.78 is 0. The monoisotopic (exact) mass is 314 g/mol. The molecule has 0 saturated heterocycles. The summed E-state index contributed by atoms with van der Waals surface area (Å²) >= 11 is 1.75. The van der Waals surface area contributed by atoms with Crippen LogP contribution in [-0.2, 0) is 6.42 Å². The first-order valence-corrected chi connectivity index (χ1v) is 8.56. The molecule has 2 N–H and O–H groups in total. The number of hydrogen-bond donors (Lipinski definition) is 2. The molecule has 116 valence electrons. The first-order valence-electron chi connectivity index (χ1n) is 7.58. The molecule has 2 aromatic rings. The Labute approximate surface area is 136 Å². The summed E-state index contributed by atoms with van der Waals surface area (Å²) in [5.41, 5.74) is 1.31. The molecule has 0 aromatic heterocycles. The van der Waals surface area contributed by atoms with Crippen molar-refractivity contribution in [2.24, 2.45) is 0 Å². The van der Waals surface area contributed by atoms with E-state index in [1.54, 1.807) is 11.8 Å². The zero-order valence-electron chi connectivity index (χ0n) is 12.6. The van der Waals surface area contributed by atoms with Gasteiger partial charge in [-0.05, 0) is 30.5 Å². The van der Waals surface area contributed by atoms with Gasteiger partial charge in [-0.2, -0.15) is 0 Å². The normalized spacial score (nSPS) is 10.2. The second-order valence-electron chi connectivity index (χ2n) is 4.93. The molecule has 0 spiro atoms. The number of amides is 2. The third kappa shape index (κ3) is 6.68. The standard InChI is InChI=1S/C18H22N2OS/c21-18(19-13-7-10-16-8-3-1-4-9-16)20-14-15-22-17-11-5-2-6-12-17/h1-6,8-9,11-12H,7,10,13-15H2,(H2,19,20,21). The third-order valence-electron chi connectivity index (χ3n) is 3.17. The van der Waals surface area contributed by atoms with Gasteiger partial charge in [-0.3, -0.25) is 0 Å². The lowest BCUT2D eigenvalue weighted by Gasteiger charge is -2.07. The molecule has 3 nitrogen and oxygen atoms in total. The third-order valence-corrected chi connectivity index (χ3v) is 4.18. The van der Waals surface area contributed by atoms with Crippen molar-refractivity contribution < 1.29 is 4.79 Å². The fraction of sp³-hybridized carbons (Fsp3) is 0.278. The van der Waals surface area contributed by atoms with E-state index in [4.69, 9.17) is 0 Å². The maximum atomic E-state index is 11.6. The number of rotatable bonds is 8. The van der Waals surface area contributed by atoms with Crippen molar-refractivity contribution in [2.45, 2.75) is 17.7 Å². The fourth-order valence-electron chi connectivity index (χ4n) is 2.05. The maximum Gasteiger partial charge on any atom is 0.314 e. The zero-order chi connectivity index (χ0) is 15.5. The van der Waals surface area contributed by atoms with Crippen molar-refractivity contribution in [3.05, 3.63) is 66.2 Å². The Morgan fingerprint density at radius 1 is 0.864 bits per heavy atom. The zero-order valence-corrected chi connectivity index (χ0v) is 13.4. The molecule has 0 aliphatic heterocycles. The van der Waals surface area contributed by atoms with Crippen LogP contribution in [0, 0.1) is 0 Å². The number of carbonyl (C=O) groups is 1. The first-order chi connectivity index (χ1) is 10.8. The molecule has 0 atom stereocenters. The molecule has 0 saturated carbocycles. The topological polar surface area (TPSA) is 41.1 Å². The highest BCUT2D eigenvalue weighted by Gasteiger charge is 1.99. The molecule has 2 rings (SSSR count). The highest BCUT2D eigenvalue weighted by Crippen LogP contribution is 2.15. The van der Waals surface area contributed by atoms with Crippen molar-refractivity contribution in [3.63, 3.8) is 0 Å². The van der Waals surface area contributed by atoms with E-state index in [1.165, 1.54) is 10.5 Å². The second-order valence-corrected chi connectivity index (χ2v) is 6.10. The van der Waals surface area contributed by atoms with E-state index in [1.807, 2.05) is 36.4 Å². The lowest BCUT2D eigenvalue weighted by Crippen LogP contribution is -2.37. The predicted molar refractivity (Wildman–Crippen MR) is 93.3 cm³/mol. The maximum absolute atomic E-state index is 11.6. The minimum Gasteiger partial charge on any atom is -0.338 e. The van der Waals surface area contributed by atoms with Crippen LogP contribution in [0.5, 0.6) is 0 Å². The van der Waals surface area contributed by atoms with Gasteiger partial charge in [0.1, 0.15) is 0 Å². The van der Waals surface area contributed by atoms with Crippen LogP contribution in [0.2, 0.25) is 0 Å². The van der Waals surface area contributed by atoms with E-state index < -0.39 is 0 Å². The Morgan fingerprint density at radius 3 is 2.23 bits per heavy atom. The van der Waals surface area contributed by atoms with Gasteiger partial charge in [0, 0.05) is 23.7 Å². The lowest BCUT2D eigenvalue weighted by molar-refractivity contribution is 0.241. The molecule has 0 heterocycles. The van der Waals surface area contributed by atoms with Crippen molar-refractivity contribution in [2.75, 3.05) is 18.8 Å². The number of thioether (sulfide) groups is 1. The quantitative estimate of drug-likeness (QED) is 0.576. The van der Waals surface area contributed by atoms with Crippen molar-refractivity contribution >= 4 is 17.8 Å². The molecule has 2 amide bonds. The number of nitrogens with one attached hydrogen (secondary N) is 2. The van der Waals surface area contributed by atoms with Crippen LogP contribution in [-0.4, -0.2) is 24.9 Å². The van der Waals surface area contributed by atoms with E-state index in [-0.39, 0.29) is 6.03 Å². The minimum atomic E-state index is -0.0817. The second kappa shape index (κ2) is 9.90. The highest BCUT2D eigenvalue weighted by molar-refractivity contribution is 7.99. The first kappa shape index (κ1) is 16.4. The van der Waals surface area contributed by atoms with Gasteiger partial charge in [-0.15, -0.1) is 11.8 Å². The van der Waals surface area contributed by atoms with Gasteiger partial charge in [0.25, 0.3) is 0 Å². The van der Waals surface area contributed by atoms with Crippen LogP contribution in [0.1, 0.15) is 12.0 Å². The Hall–Kier alpha value is -1.94. The molecular formula is C18H22N2OS. The lowest BCUT2D eigenvalue weighted by atomic mass is 10.1. The van der Waals surface area contributed by atoms with E-state index in [2.05, 4.69) is 34.9 Å². The number of carbonyl (C=O) groups excluding carboxylic acids is 1.